The van der Waals surface area contributed by atoms with Crippen LogP contribution in [0.3, 0.4) is 0 Å². The minimum atomic E-state index is -1.18. The molecule has 1 aromatic heterocycles. The average molecular weight is 476 g/mol. The van der Waals surface area contributed by atoms with Gasteiger partial charge in [0, 0.05) is 13.0 Å². The van der Waals surface area contributed by atoms with Crippen molar-refractivity contribution in [1.29, 1.82) is 0 Å². The minimum Gasteiger partial charge on any atom is -0.477 e. The van der Waals surface area contributed by atoms with Crippen LogP contribution < -0.4 is 10.6 Å². The molecule has 180 valence electrons. The van der Waals surface area contributed by atoms with Gasteiger partial charge in [0.25, 0.3) is 0 Å². The SMILES string of the molecule is COC(C)C(NC(=O)OCC1c2ccccc2-c2ccccc21)C(=O)Nc1ccc(C(=O)O)nc1. The molecule has 0 radical (unpaired) electrons. The second kappa shape index (κ2) is 10.4. The van der Waals surface area contributed by atoms with E-state index in [1.807, 2.05) is 48.5 Å². The van der Waals surface area contributed by atoms with E-state index < -0.39 is 30.1 Å². The largest absolute Gasteiger partial charge is 0.477 e. The van der Waals surface area contributed by atoms with Crippen molar-refractivity contribution in [3.05, 3.63) is 83.7 Å². The van der Waals surface area contributed by atoms with Crippen molar-refractivity contribution < 1.29 is 29.0 Å². The number of carboxylic acid groups (broad SMARTS) is 1. The maximum atomic E-state index is 12.8. The standard InChI is InChI=1S/C26H25N3O6/c1-15(34-2)23(24(30)28-16-11-12-22(25(31)32)27-13-16)29-26(33)35-14-21-19-9-5-3-7-17(19)18-8-4-6-10-20(18)21/h3-13,15,21,23H,14H2,1-2H3,(H,28,30)(H,29,33)(H,31,32). The summed E-state index contributed by atoms with van der Waals surface area (Å²) in [7, 11) is 1.42. The van der Waals surface area contributed by atoms with Crippen LogP contribution in [0, 0.1) is 0 Å². The Balaban J connectivity index is 1.42. The Bertz CT molecular complexity index is 1200. The Morgan fingerprint density at radius 3 is 2.17 bits per heavy atom. The van der Waals surface area contributed by atoms with Crippen LogP contribution in [0.5, 0.6) is 0 Å². The molecule has 0 spiro atoms. The number of nitrogens with one attached hydrogen (secondary N) is 2. The maximum absolute atomic E-state index is 12.8. The van der Waals surface area contributed by atoms with Gasteiger partial charge in [0.2, 0.25) is 5.91 Å². The van der Waals surface area contributed by atoms with E-state index in [0.717, 1.165) is 22.3 Å². The normalized spacial score (nSPS) is 13.8. The summed E-state index contributed by atoms with van der Waals surface area (Å²) in [6.07, 6.45) is -0.194. The fourth-order valence-corrected chi connectivity index (χ4v) is 4.11. The highest BCUT2D eigenvalue weighted by Gasteiger charge is 2.31. The Kier molecular flexibility index (Phi) is 7.07. The quantitative estimate of drug-likeness (QED) is 0.454. The van der Waals surface area contributed by atoms with E-state index in [0.29, 0.717) is 0 Å². The van der Waals surface area contributed by atoms with Crippen molar-refractivity contribution in [3.8, 4) is 11.1 Å². The molecule has 35 heavy (non-hydrogen) atoms. The zero-order chi connectivity index (χ0) is 24.9. The van der Waals surface area contributed by atoms with Gasteiger partial charge in [-0.25, -0.2) is 14.6 Å². The lowest BCUT2D eigenvalue weighted by molar-refractivity contribution is -0.121. The Morgan fingerprint density at radius 2 is 1.63 bits per heavy atom. The summed E-state index contributed by atoms with van der Waals surface area (Å²) in [6, 6.07) is 17.6. The number of aromatic nitrogens is 1. The van der Waals surface area contributed by atoms with Gasteiger partial charge in [0.1, 0.15) is 18.3 Å². The fourth-order valence-electron chi connectivity index (χ4n) is 4.11. The van der Waals surface area contributed by atoms with E-state index in [2.05, 4.69) is 15.6 Å². The van der Waals surface area contributed by atoms with Gasteiger partial charge in [-0.1, -0.05) is 48.5 Å². The predicted molar refractivity (Wildman–Crippen MR) is 128 cm³/mol. The van der Waals surface area contributed by atoms with E-state index >= 15 is 0 Å². The molecule has 0 bridgehead atoms. The lowest BCUT2D eigenvalue weighted by atomic mass is 9.98. The Hall–Kier alpha value is -4.24. The van der Waals surface area contributed by atoms with Gasteiger partial charge in [0.15, 0.2) is 0 Å². The molecular weight excluding hydrogens is 450 g/mol. The first kappa shape index (κ1) is 23.9. The number of methoxy groups -OCH3 is 1. The number of nitrogens with zero attached hydrogens (tertiary/aromatic N) is 1. The molecule has 3 aromatic rings. The third kappa shape index (κ3) is 5.15. The fraction of sp³-hybridized carbons (Fsp3) is 0.231. The second-order valence-corrected chi connectivity index (χ2v) is 8.11. The van der Waals surface area contributed by atoms with Gasteiger partial charge >= 0.3 is 12.1 Å². The van der Waals surface area contributed by atoms with E-state index in [9.17, 15) is 14.4 Å². The number of alkyl carbamates (subject to hydrolysis) is 1. The zero-order valence-electron chi connectivity index (χ0n) is 19.2. The number of pyridine rings is 1. The van der Waals surface area contributed by atoms with E-state index in [-0.39, 0.29) is 23.9 Å². The number of amides is 2. The summed E-state index contributed by atoms with van der Waals surface area (Å²) in [5.41, 5.74) is 4.52. The molecule has 3 N–H and O–H groups in total. The highest BCUT2D eigenvalue weighted by Crippen LogP contribution is 2.44. The second-order valence-electron chi connectivity index (χ2n) is 8.11. The number of hydrogen-bond donors (Lipinski definition) is 3. The number of carboxylic acids is 1. The van der Waals surface area contributed by atoms with Gasteiger partial charge in [-0.3, -0.25) is 4.79 Å². The first-order valence-corrected chi connectivity index (χ1v) is 11.0. The van der Waals surface area contributed by atoms with Gasteiger partial charge in [-0.05, 0) is 41.3 Å². The van der Waals surface area contributed by atoms with Crippen LogP contribution >= 0.6 is 0 Å². The first-order chi connectivity index (χ1) is 16.9. The van der Waals surface area contributed by atoms with Crippen LogP contribution in [0.15, 0.2) is 66.9 Å². The van der Waals surface area contributed by atoms with Crippen LogP contribution in [0.25, 0.3) is 11.1 Å². The monoisotopic (exact) mass is 475 g/mol. The van der Waals surface area contributed by atoms with Crippen LogP contribution in [0.4, 0.5) is 10.5 Å². The topological polar surface area (TPSA) is 127 Å². The molecule has 2 unspecified atom stereocenters. The summed E-state index contributed by atoms with van der Waals surface area (Å²) in [4.78, 5) is 40.3. The molecule has 1 heterocycles. The number of carbonyl (C=O) groups excluding carboxylic acids is 2. The summed E-state index contributed by atoms with van der Waals surface area (Å²) in [5.74, 6) is -1.84. The van der Waals surface area contributed by atoms with Crippen LogP contribution in [0.2, 0.25) is 0 Å². The van der Waals surface area contributed by atoms with Crippen molar-refractivity contribution in [2.75, 3.05) is 19.0 Å². The number of aromatic carboxylic acids is 1. The Labute approximate surface area is 202 Å². The molecule has 9 nitrogen and oxygen atoms in total. The van der Waals surface area contributed by atoms with Crippen molar-refractivity contribution in [1.82, 2.24) is 10.3 Å². The molecule has 2 aromatic carbocycles. The van der Waals surface area contributed by atoms with Crippen molar-refractivity contribution in [2.45, 2.75) is 25.0 Å². The van der Waals surface area contributed by atoms with Crippen molar-refractivity contribution in [2.24, 2.45) is 0 Å². The molecule has 1 aliphatic carbocycles. The first-order valence-electron chi connectivity index (χ1n) is 11.0. The third-order valence-corrected chi connectivity index (χ3v) is 5.99. The highest BCUT2D eigenvalue weighted by atomic mass is 16.5. The van der Waals surface area contributed by atoms with E-state index in [4.69, 9.17) is 14.6 Å². The smallest absolute Gasteiger partial charge is 0.407 e. The summed E-state index contributed by atoms with van der Waals surface area (Å²) in [5, 5.41) is 14.1. The lowest BCUT2D eigenvalue weighted by Crippen LogP contribution is -2.51. The maximum Gasteiger partial charge on any atom is 0.407 e. The van der Waals surface area contributed by atoms with Crippen LogP contribution in [-0.2, 0) is 14.3 Å². The molecule has 4 rings (SSSR count). The molecule has 2 atom stereocenters. The van der Waals surface area contributed by atoms with Crippen LogP contribution in [-0.4, -0.2) is 53.9 Å². The predicted octanol–water partition coefficient (Wildman–Crippen LogP) is 3.66. The molecule has 2 amide bonds. The van der Waals surface area contributed by atoms with Crippen molar-refractivity contribution in [3.63, 3.8) is 0 Å². The summed E-state index contributed by atoms with van der Waals surface area (Å²) in [6.45, 7) is 1.75. The number of fused-ring (bicyclic) bond motifs is 3. The molecule has 0 saturated heterocycles. The molecule has 0 aliphatic heterocycles. The van der Waals surface area contributed by atoms with E-state index in [1.165, 1.54) is 25.4 Å². The highest BCUT2D eigenvalue weighted by molar-refractivity contribution is 5.97. The molecular formula is C26H25N3O6. The van der Waals surface area contributed by atoms with Gasteiger partial charge in [0.05, 0.1) is 18.0 Å². The molecule has 1 aliphatic rings. The number of rotatable bonds is 8. The third-order valence-electron chi connectivity index (χ3n) is 5.99. The van der Waals surface area contributed by atoms with Crippen molar-refractivity contribution >= 4 is 23.7 Å². The van der Waals surface area contributed by atoms with E-state index in [1.54, 1.807) is 6.92 Å². The number of hydrogen-bond acceptors (Lipinski definition) is 6. The minimum absolute atomic E-state index is 0.107. The zero-order valence-corrected chi connectivity index (χ0v) is 19.2. The summed E-state index contributed by atoms with van der Waals surface area (Å²) >= 11 is 0. The number of benzene rings is 2. The average Bonchev–Trinajstić information content (AvgIpc) is 3.19. The molecule has 0 saturated carbocycles. The number of anilines is 1. The molecule has 9 heteroatoms. The lowest BCUT2D eigenvalue weighted by Gasteiger charge is -2.23. The number of carbonyl (C=O) groups is 3. The Morgan fingerprint density at radius 1 is 1.00 bits per heavy atom. The van der Waals surface area contributed by atoms with Crippen LogP contribution in [0.1, 0.15) is 34.5 Å². The van der Waals surface area contributed by atoms with Gasteiger partial charge in [-0.15, -0.1) is 0 Å². The summed E-state index contributed by atoms with van der Waals surface area (Å²) < 4.78 is 10.8. The number of ether oxygens (including phenoxy) is 2. The van der Waals surface area contributed by atoms with Gasteiger partial charge < -0.3 is 25.2 Å². The van der Waals surface area contributed by atoms with Gasteiger partial charge in [-0.2, -0.15) is 0 Å². The molecule has 0 fully saturated rings.